The first-order valence-corrected chi connectivity index (χ1v) is 10.4. The molecule has 1 saturated carbocycles. The fraction of sp³-hybridized carbons (Fsp3) is 0.900. The predicted octanol–water partition coefficient (Wildman–Crippen LogP) is 2.39. The van der Waals surface area contributed by atoms with Crippen molar-refractivity contribution >= 4 is 12.0 Å². The number of carbonyl (C=O) groups is 2. The Morgan fingerprint density at radius 3 is 2.70 bits per heavy atom. The van der Waals surface area contributed by atoms with Crippen molar-refractivity contribution in [2.24, 2.45) is 0 Å². The molecule has 7 nitrogen and oxygen atoms in total. The van der Waals surface area contributed by atoms with Gasteiger partial charge in [-0.3, -0.25) is 4.79 Å². The van der Waals surface area contributed by atoms with Gasteiger partial charge in [0.2, 0.25) is 5.91 Å². The Labute approximate surface area is 163 Å². The molecule has 2 rings (SSSR count). The second kappa shape index (κ2) is 10.3. The van der Waals surface area contributed by atoms with Gasteiger partial charge in [0.15, 0.2) is 0 Å². The number of ether oxygens (including phenoxy) is 2. The van der Waals surface area contributed by atoms with E-state index in [-0.39, 0.29) is 18.1 Å². The number of nitrogens with one attached hydrogen (secondary N) is 1. The van der Waals surface area contributed by atoms with Gasteiger partial charge in [0, 0.05) is 25.7 Å². The summed E-state index contributed by atoms with van der Waals surface area (Å²) in [5, 5.41) is 2.73. The maximum Gasteiger partial charge on any atom is 0.407 e. The summed E-state index contributed by atoms with van der Waals surface area (Å²) in [5.74, 6) is -0.00912. The molecule has 2 amide bonds. The smallest absolute Gasteiger partial charge is 0.407 e. The zero-order chi connectivity index (χ0) is 20.0. The van der Waals surface area contributed by atoms with E-state index in [9.17, 15) is 9.59 Å². The minimum absolute atomic E-state index is 0.00912. The van der Waals surface area contributed by atoms with Crippen LogP contribution in [-0.2, 0) is 14.3 Å². The number of alkyl carbamates (subject to hydrolysis) is 1. The van der Waals surface area contributed by atoms with Crippen LogP contribution in [0.25, 0.3) is 0 Å². The van der Waals surface area contributed by atoms with Crippen LogP contribution < -0.4 is 5.32 Å². The molecule has 1 aliphatic carbocycles. The highest BCUT2D eigenvalue weighted by Crippen LogP contribution is 2.31. The molecule has 2 aliphatic rings. The van der Waals surface area contributed by atoms with Crippen LogP contribution >= 0.6 is 0 Å². The van der Waals surface area contributed by atoms with Crippen molar-refractivity contribution < 1.29 is 19.1 Å². The molecule has 0 unspecified atom stereocenters. The van der Waals surface area contributed by atoms with Gasteiger partial charge in [0.1, 0.15) is 6.04 Å². The van der Waals surface area contributed by atoms with E-state index in [0.717, 1.165) is 32.1 Å². The molecule has 1 N–H and O–H groups in total. The Morgan fingerprint density at radius 2 is 2.07 bits per heavy atom. The fourth-order valence-corrected chi connectivity index (χ4v) is 4.15. The van der Waals surface area contributed by atoms with Crippen molar-refractivity contribution in [3.63, 3.8) is 0 Å². The molecule has 27 heavy (non-hydrogen) atoms. The van der Waals surface area contributed by atoms with Crippen LogP contribution in [0.2, 0.25) is 0 Å². The van der Waals surface area contributed by atoms with E-state index in [2.05, 4.69) is 31.1 Å². The molecule has 0 aromatic heterocycles. The number of carbonyl (C=O) groups excluding carboxylic acids is 2. The number of hydrogen-bond acceptors (Lipinski definition) is 5. The van der Waals surface area contributed by atoms with Crippen LogP contribution in [0.5, 0.6) is 0 Å². The molecule has 0 aromatic rings. The first-order chi connectivity index (χ1) is 12.9. The lowest BCUT2D eigenvalue weighted by Gasteiger charge is -2.43. The second-order valence-corrected chi connectivity index (χ2v) is 8.07. The molecule has 0 spiro atoms. The third-order valence-corrected chi connectivity index (χ3v) is 6.09. The summed E-state index contributed by atoms with van der Waals surface area (Å²) in [4.78, 5) is 29.0. The summed E-state index contributed by atoms with van der Waals surface area (Å²) in [6.07, 6.45) is 4.89. The summed E-state index contributed by atoms with van der Waals surface area (Å²) in [7, 11) is 3.89. The molecule has 1 aliphatic heterocycles. The molecule has 0 aromatic carbocycles. The van der Waals surface area contributed by atoms with Gasteiger partial charge in [-0.25, -0.2) is 4.79 Å². The van der Waals surface area contributed by atoms with Crippen molar-refractivity contribution in [1.29, 1.82) is 0 Å². The standard InChI is InChI=1S/C20H37N3O4/c1-6-7-12-27-20(25)21-16-10-11-23(19(16)24)17-9-8-15(13-18(17)26-5)22(4)14(2)3/h14-18H,6-13H2,1-5H3,(H,21,25)/t15-,16+,17+,18-/m1/s1. The van der Waals surface area contributed by atoms with Crippen LogP contribution in [0.1, 0.15) is 59.3 Å². The van der Waals surface area contributed by atoms with Crippen LogP contribution in [0.4, 0.5) is 4.79 Å². The SMILES string of the molecule is CCCCOC(=O)N[C@H]1CCN([C@H]2CC[C@@H](N(C)C(C)C)C[C@H]2OC)C1=O. The minimum atomic E-state index is -0.491. The maximum absolute atomic E-state index is 12.8. The lowest BCUT2D eigenvalue weighted by molar-refractivity contribution is -0.136. The molecular weight excluding hydrogens is 346 g/mol. The third kappa shape index (κ3) is 5.57. The van der Waals surface area contributed by atoms with Crippen molar-refractivity contribution in [1.82, 2.24) is 15.1 Å². The quantitative estimate of drug-likeness (QED) is 0.652. The number of hydrogen-bond donors (Lipinski definition) is 1. The molecular formula is C20H37N3O4. The topological polar surface area (TPSA) is 71.1 Å². The van der Waals surface area contributed by atoms with E-state index < -0.39 is 12.1 Å². The molecule has 0 radical (unpaired) electrons. The zero-order valence-electron chi connectivity index (χ0n) is 17.6. The van der Waals surface area contributed by atoms with Crippen LogP contribution in [0, 0.1) is 0 Å². The molecule has 4 atom stereocenters. The number of methoxy groups -OCH3 is 1. The third-order valence-electron chi connectivity index (χ3n) is 6.09. The first kappa shape index (κ1) is 22.0. The van der Waals surface area contributed by atoms with Gasteiger partial charge < -0.3 is 24.6 Å². The van der Waals surface area contributed by atoms with Gasteiger partial charge in [-0.05, 0) is 53.0 Å². The highest BCUT2D eigenvalue weighted by Gasteiger charge is 2.43. The van der Waals surface area contributed by atoms with Gasteiger partial charge in [-0.2, -0.15) is 0 Å². The highest BCUT2D eigenvalue weighted by molar-refractivity contribution is 5.87. The van der Waals surface area contributed by atoms with Crippen molar-refractivity contribution in [2.75, 3.05) is 27.3 Å². The molecule has 7 heteroatoms. The van der Waals surface area contributed by atoms with E-state index >= 15 is 0 Å². The lowest BCUT2D eigenvalue weighted by atomic mass is 9.86. The van der Waals surface area contributed by atoms with E-state index in [1.165, 1.54) is 0 Å². The Balaban J connectivity index is 1.90. The second-order valence-electron chi connectivity index (χ2n) is 8.07. The highest BCUT2D eigenvalue weighted by atomic mass is 16.5. The summed E-state index contributed by atoms with van der Waals surface area (Å²) in [5.41, 5.74) is 0. The number of likely N-dealkylation sites (tertiary alicyclic amines) is 1. The number of rotatable bonds is 8. The lowest BCUT2D eigenvalue weighted by Crippen LogP contribution is -2.54. The van der Waals surface area contributed by atoms with Crippen LogP contribution in [-0.4, -0.2) is 79.4 Å². The largest absolute Gasteiger partial charge is 0.450 e. The van der Waals surface area contributed by atoms with E-state index in [0.29, 0.717) is 31.7 Å². The Morgan fingerprint density at radius 1 is 1.33 bits per heavy atom. The Kier molecular flexibility index (Phi) is 8.35. The number of nitrogens with zero attached hydrogens (tertiary/aromatic N) is 2. The van der Waals surface area contributed by atoms with E-state index in [4.69, 9.17) is 9.47 Å². The number of unbranched alkanes of at least 4 members (excludes halogenated alkanes) is 1. The van der Waals surface area contributed by atoms with E-state index in [1.54, 1.807) is 7.11 Å². The minimum Gasteiger partial charge on any atom is -0.450 e. The normalized spacial score (nSPS) is 28.9. The van der Waals surface area contributed by atoms with Gasteiger partial charge >= 0.3 is 6.09 Å². The molecule has 0 bridgehead atoms. The Bertz CT molecular complexity index is 500. The van der Waals surface area contributed by atoms with Crippen molar-refractivity contribution in [2.45, 2.75) is 89.6 Å². The van der Waals surface area contributed by atoms with Crippen LogP contribution in [0.15, 0.2) is 0 Å². The molecule has 1 heterocycles. The predicted molar refractivity (Wildman–Crippen MR) is 105 cm³/mol. The number of amides is 2. The van der Waals surface area contributed by atoms with Crippen molar-refractivity contribution in [3.05, 3.63) is 0 Å². The summed E-state index contributed by atoms with van der Waals surface area (Å²) in [6.45, 7) is 7.50. The van der Waals surface area contributed by atoms with Gasteiger partial charge in [-0.1, -0.05) is 13.3 Å². The summed E-state index contributed by atoms with van der Waals surface area (Å²) < 4.78 is 10.9. The molecule has 2 fully saturated rings. The maximum atomic E-state index is 12.8. The average molecular weight is 384 g/mol. The average Bonchev–Trinajstić information content (AvgIpc) is 3.00. The van der Waals surface area contributed by atoms with Crippen LogP contribution in [0.3, 0.4) is 0 Å². The van der Waals surface area contributed by atoms with Crippen molar-refractivity contribution in [3.8, 4) is 0 Å². The summed E-state index contributed by atoms with van der Waals surface area (Å²) >= 11 is 0. The summed E-state index contributed by atoms with van der Waals surface area (Å²) in [6, 6.07) is 0.575. The molecule has 1 saturated heterocycles. The van der Waals surface area contributed by atoms with Gasteiger partial charge in [0.25, 0.3) is 0 Å². The van der Waals surface area contributed by atoms with E-state index in [1.807, 2.05) is 11.8 Å². The zero-order valence-corrected chi connectivity index (χ0v) is 17.6. The van der Waals surface area contributed by atoms with Gasteiger partial charge in [-0.15, -0.1) is 0 Å². The molecule has 156 valence electrons. The Hall–Kier alpha value is -1.34. The first-order valence-electron chi connectivity index (χ1n) is 10.4. The monoisotopic (exact) mass is 383 g/mol. The van der Waals surface area contributed by atoms with Gasteiger partial charge in [0.05, 0.1) is 18.8 Å². The fourth-order valence-electron chi connectivity index (χ4n) is 4.15.